The molecule has 0 aliphatic heterocycles. The highest BCUT2D eigenvalue weighted by Gasteiger charge is 2.13. The van der Waals surface area contributed by atoms with Crippen LogP contribution in [0.25, 0.3) is 5.69 Å². The first-order chi connectivity index (χ1) is 12.1. The van der Waals surface area contributed by atoms with Gasteiger partial charge in [0.25, 0.3) is 0 Å². The monoisotopic (exact) mass is 377 g/mol. The van der Waals surface area contributed by atoms with Crippen LogP contribution in [0, 0.1) is 5.82 Å². The number of tetrazole rings is 1. The number of rotatable bonds is 5. The van der Waals surface area contributed by atoms with E-state index < -0.39 is 5.82 Å². The maximum Gasteiger partial charge on any atom is 0.228 e. The summed E-state index contributed by atoms with van der Waals surface area (Å²) in [6.07, 6.45) is 1.71. The molecule has 128 valence electrons. The van der Waals surface area contributed by atoms with Crippen molar-refractivity contribution >= 4 is 35.0 Å². The van der Waals surface area contributed by atoms with Gasteiger partial charge in [-0.1, -0.05) is 35.5 Å². The van der Waals surface area contributed by atoms with Gasteiger partial charge in [-0.2, -0.15) is 4.68 Å². The first kappa shape index (κ1) is 17.4. The summed E-state index contributed by atoms with van der Waals surface area (Å²) in [5.74, 6) is -0.874. The van der Waals surface area contributed by atoms with Crippen LogP contribution in [0.5, 0.6) is 0 Å². The van der Waals surface area contributed by atoms with Crippen molar-refractivity contribution in [2.24, 2.45) is 0 Å². The van der Waals surface area contributed by atoms with E-state index in [1.165, 1.54) is 23.9 Å². The zero-order valence-corrected chi connectivity index (χ0v) is 14.7. The second-order valence-electron chi connectivity index (χ2n) is 5.05. The fraction of sp³-hybridized carbons (Fsp3) is 0.125. The topological polar surface area (TPSA) is 72.7 Å². The predicted molar refractivity (Wildman–Crippen MR) is 94.7 cm³/mol. The Morgan fingerprint density at radius 2 is 2.12 bits per heavy atom. The lowest BCUT2D eigenvalue weighted by atomic mass is 10.1. The number of carbonyl (C=O) groups excluding carboxylic acids is 1. The average molecular weight is 378 g/mol. The number of halogens is 2. The molecular weight excluding hydrogens is 365 g/mol. The summed E-state index contributed by atoms with van der Waals surface area (Å²) in [5, 5.41) is 15.0. The van der Waals surface area contributed by atoms with Crippen LogP contribution in [-0.2, 0) is 11.2 Å². The molecule has 1 amide bonds. The fourth-order valence-electron chi connectivity index (χ4n) is 2.25. The molecule has 1 aromatic heterocycles. The third-order valence-corrected chi connectivity index (χ3v) is 4.37. The standard InChI is InChI=1S/C16H13ClFN5OS/c1-25-16-20-21-22-23(16)11-5-2-4-10(8-11)19-15(24)9-12-13(17)6-3-7-14(12)18/h2-8H,9H2,1H3,(H,19,24). The van der Waals surface area contributed by atoms with Gasteiger partial charge in [0.05, 0.1) is 12.1 Å². The predicted octanol–water partition coefficient (Wildman–Crippen LogP) is 3.36. The van der Waals surface area contributed by atoms with E-state index >= 15 is 0 Å². The Morgan fingerprint density at radius 3 is 2.88 bits per heavy atom. The second-order valence-corrected chi connectivity index (χ2v) is 6.23. The molecule has 0 spiro atoms. The van der Waals surface area contributed by atoms with Crippen molar-refractivity contribution in [3.05, 3.63) is 58.9 Å². The molecule has 0 bridgehead atoms. The van der Waals surface area contributed by atoms with E-state index in [0.29, 0.717) is 16.5 Å². The molecule has 0 atom stereocenters. The summed E-state index contributed by atoms with van der Waals surface area (Å²) in [7, 11) is 0. The zero-order valence-electron chi connectivity index (χ0n) is 13.1. The summed E-state index contributed by atoms with van der Waals surface area (Å²) in [6.45, 7) is 0. The molecule has 0 radical (unpaired) electrons. The van der Waals surface area contributed by atoms with Gasteiger partial charge in [-0.15, -0.1) is 5.10 Å². The van der Waals surface area contributed by atoms with Crippen molar-refractivity contribution in [1.29, 1.82) is 0 Å². The highest BCUT2D eigenvalue weighted by molar-refractivity contribution is 7.98. The Kier molecular flexibility index (Phi) is 5.30. The largest absolute Gasteiger partial charge is 0.326 e. The van der Waals surface area contributed by atoms with Crippen molar-refractivity contribution in [3.8, 4) is 5.69 Å². The number of hydrogen-bond acceptors (Lipinski definition) is 5. The molecule has 25 heavy (non-hydrogen) atoms. The molecule has 1 N–H and O–H groups in total. The Morgan fingerprint density at radius 1 is 1.32 bits per heavy atom. The molecule has 0 saturated carbocycles. The van der Waals surface area contributed by atoms with Crippen molar-refractivity contribution in [2.45, 2.75) is 11.6 Å². The first-order valence-electron chi connectivity index (χ1n) is 7.24. The highest BCUT2D eigenvalue weighted by atomic mass is 35.5. The van der Waals surface area contributed by atoms with Gasteiger partial charge in [0, 0.05) is 16.3 Å². The fourth-order valence-corrected chi connectivity index (χ4v) is 2.91. The Bertz CT molecular complexity index is 897. The molecule has 2 aromatic carbocycles. The molecular formula is C16H13ClFN5OS. The molecule has 0 unspecified atom stereocenters. The van der Waals surface area contributed by atoms with E-state index in [2.05, 4.69) is 20.8 Å². The molecule has 1 heterocycles. The van der Waals surface area contributed by atoms with Gasteiger partial charge >= 0.3 is 0 Å². The molecule has 9 heteroatoms. The normalized spacial score (nSPS) is 10.7. The van der Waals surface area contributed by atoms with Gasteiger partial charge in [-0.3, -0.25) is 4.79 Å². The number of carbonyl (C=O) groups is 1. The number of aromatic nitrogens is 4. The van der Waals surface area contributed by atoms with Gasteiger partial charge in [0.15, 0.2) is 0 Å². The van der Waals surface area contributed by atoms with E-state index in [9.17, 15) is 9.18 Å². The van der Waals surface area contributed by atoms with Gasteiger partial charge in [-0.25, -0.2) is 4.39 Å². The van der Waals surface area contributed by atoms with Gasteiger partial charge in [0.2, 0.25) is 11.1 Å². The van der Waals surface area contributed by atoms with Gasteiger partial charge in [0.1, 0.15) is 5.82 Å². The smallest absolute Gasteiger partial charge is 0.228 e. The minimum Gasteiger partial charge on any atom is -0.326 e. The molecule has 6 nitrogen and oxygen atoms in total. The van der Waals surface area contributed by atoms with E-state index in [0.717, 1.165) is 0 Å². The Balaban J connectivity index is 1.77. The minimum atomic E-state index is -0.505. The van der Waals surface area contributed by atoms with Crippen LogP contribution in [0.1, 0.15) is 5.56 Å². The van der Waals surface area contributed by atoms with Gasteiger partial charge < -0.3 is 5.32 Å². The van der Waals surface area contributed by atoms with Gasteiger partial charge in [-0.05, 0) is 47.0 Å². The second kappa shape index (κ2) is 7.62. The van der Waals surface area contributed by atoms with Crippen molar-refractivity contribution in [1.82, 2.24) is 20.2 Å². The lowest BCUT2D eigenvalue weighted by Crippen LogP contribution is -2.15. The average Bonchev–Trinajstić information content (AvgIpc) is 3.07. The molecule has 0 aliphatic rings. The van der Waals surface area contributed by atoms with Crippen LogP contribution in [0.15, 0.2) is 47.6 Å². The Hall–Kier alpha value is -2.45. The maximum atomic E-state index is 13.8. The number of amides is 1. The van der Waals surface area contributed by atoms with E-state index in [1.54, 1.807) is 28.9 Å². The van der Waals surface area contributed by atoms with Crippen LogP contribution in [-0.4, -0.2) is 32.4 Å². The Labute approximate surface area is 152 Å². The summed E-state index contributed by atoms with van der Waals surface area (Å²) in [5.41, 5.74) is 1.43. The molecule has 0 saturated heterocycles. The van der Waals surface area contributed by atoms with E-state index in [1.807, 2.05) is 12.3 Å². The van der Waals surface area contributed by atoms with Crippen LogP contribution in [0.4, 0.5) is 10.1 Å². The van der Waals surface area contributed by atoms with E-state index in [-0.39, 0.29) is 22.9 Å². The molecule has 3 aromatic rings. The minimum absolute atomic E-state index is 0.156. The summed E-state index contributed by atoms with van der Waals surface area (Å²) < 4.78 is 15.4. The third-order valence-electron chi connectivity index (χ3n) is 3.40. The number of nitrogens with zero attached hydrogens (tertiary/aromatic N) is 4. The lowest BCUT2D eigenvalue weighted by Gasteiger charge is -2.09. The summed E-state index contributed by atoms with van der Waals surface area (Å²) in [4.78, 5) is 12.2. The molecule has 0 aliphatic carbocycles. The molecule has 3 rings (SSSR count). The summed E-state index contributed by atoms with van der Waals surface area (Å²) in [6, 6.07) is 11.4. The highest BCUT2D eigenvalue weighted by Crippen LogP contribution is 2.21. The number of benzene rings is 2. The van der Waals surface area contributed by atoms with Crippen LogP contribution in [0.3, 0.4) is 0 Å². The summed E-state index contributed by atoms with van der Waals surface area (Å²) >= 11 is 7.36. The van der Waals surface area contributed by atoms with Crippen molar-refractivity contribution in [2.75, 3.05) is 11.6 Å². The first-order valence-corrected chi connectivity index (χ1v) is 8.84. The zero-order chi connectivity index (χ0) is 17.8. The number of hydrogen-bond donors (Lipinski definition) is 1. The quantitative estimate of drug-likeness (QED) is 0.690. The third kappa shape index (κ3) is 3.97. The number of anilines is 1. The van der Waals surface area contributed by atoms with Crippen LogP contribution < -0.4 is 5.32 Å². The van der Waals surface area contributed by atoms with Crippen molar-refractivity contribution < 1.29 is 9.18 Å². The number of nitrogens with one attached hydrogen (secondary N) is 1. The maximum absolute atomic E-state index is 13.8. The lowest BCUT2D eigenvalue weighted by molar-refractivity contribution is -0.115. The van der Waals surface area contributed by atoms with Crippen LogP contribution in [0.2, 0.25) is 5.02 Å². The van der Waals surface area contributed by atoms with Crippen LogP contribution >= 0.6 is 23.4 Å². The van der Waals surface area contributed by atoms with E-state index in [4.69, 9.17) is 11.6 Å². The van der Waals surface area contributed by atoms with Crippen molar-refractivity contribution in [3.63, 3.8) is 0 Å². The SMILES string of the molecule is CSc1nnnn1-c1cccc(NC(=O)Cc2c(F)cccc2Cl)c1. The molecule has 0 fully saturated rings. The number of thioether (sulfide) groups is 1.